The fourth-order valence-corrected chi connectivity index (χ4v) is 2.92. The fraction of sp³-hybridized carbons (Fsp3) is 0.500. The summed E-state index contributed by atoms with van der Waals surface area (Å²) in [6.45, 7) is 4.05. The Balaban J connectivity index is 1.57. The van der Waals surface area contributed by atoms with Crippen LogP contribution in [0.4, 0.5) is 5.82 Å². The standard InChI is InChI=1S/C14H18N4OS/c1-2-11-9-13(17-10-16-11)18-6-3-12(4-7-18)19-14-15-5-8-20-14/h5,8-10,12H,2-4,6-7H2,1H3. The summed E-state index contributed by atoms with van der Waals surface area (Å²) in [7, 11) is 0. The maximum Gasteiger partial charge on any atom is 0.273 e. The van der Waals surface area contributed by atoms with Crippen molar-refractivity contribution < 1.29 is 4.74 Å². The number of piperidine rings is 1. The van der Waals surface area contributed by atoms with Crippen molar-refractivity contribution in [3.63, 3.8) is 0 Å². The monoisotopic (exact) mass is 290 g/mol. The van der Waals surface area contributed by atoms with Gasteiger partial charge in [0.1, 0.15) is 18.2 Å². The Hall–Kier alpha value is -1.69. The van der Waals surface area contributed by atoms with Crippen LogP contribution >= 0.6 is 11.3 Å². The van der Waals surface area contributed by atoms with Gasteiger partial charge < -0.3 is 9.64 Å². The van der Waals surface area contributed by atoms with Gasteiger partial charge in [0.2, 0.25) is 0 Å². The first-order valence-electron chi connectivity index (χ1n) is 6.97. The molecular weight excluding hydrogens is 272 g/mol. The van der Waals surface area contributed by atoms with E-state index >= 15 is 0 Å². The van der Waals surface area contributed by atoms with Crippen molar-refractivity contribution in [3.8, 4) is 5.19 Å². The highest BCUT2D eigenvalue weighted by Crippen LogP contribution is 2.23. The molecule has 2 aromatic heterocycles. The van der Waals surface area contributed by atoms with E-state index in [9.17, 15) is 0 Å². The van der Waals surface area contributed by atoms with Crippen molar-refractivity contribution in [3.05, 3.63) is 29.7 Å². The van der Waals surface area contributed by atoms with Crippen LogP contribution in [0.5, 0.6) is 5.19 Å². The molecule has 3 rings (SSSR count). The molecule has 1 saturated heterocycles. The van der Waals surface area contributed by atoms with Gasteiger partial charge in [-0.15, -0.1) is 0 Å². The van der Waals surface area contributed by atoms with Crippen LogP contribution in [-0.4, -0.2) is 34.1 Å². The summed E-state index contributed by atoms with van der Waals surface area (Å²) in [6, 6.07) is 2.09. The number of anilines is 1. The van der Waals surface area contributed by atoms with E-state index in [1.807, 2.05) is 5.38 Å². The third kappa shape index (κ3) is 3.07. The molecule has 0 N–H and O–H groups in total. The number of aryl methyl sites for hydroxylation is 1. The Kier molecular flexibility index (Phi) is 4.11. The molecule has 0 unspecified atom stereocenters. The van der Waals surface area contributed by atoms with Crippen LogP contribution in [0, 0.1) is 0 Å². The molecule has 6 heteroatoms. The van der Waals surface area contributed by atoms with E-state index in [1.165, 1.54) is 0 Å². The lowest BCUT2D eigenvalue weighted by Crippen LogP contribution is -2.38. The van der Waals surface area contributed by atoms with Gasteiger partial charge in [0, 0.05) is 49.3 Å². The Morgan fingerprint density at radius 2 is 2.15 bits per heavy atom. The molecule has 1 aliphatic rings. The van der Waals surface area contributed by atoms with Crippen LogP contribution in [0.15, 0.2) is 24.0 Å². The number of hydrogen-bond acceptors (Lipinski definition) is 6. The SMILES string of the molecule is CCc1cc(N2CCC(Oc3nccs3)CC2)ncn1. The van der Waals surface area contributed by atoms with Crippen LogP contribution in [0.1, 0.15) is 25.5 Å². The smallest absolute Gasteiger partial charge is 0.273 e. The van der Waals surface area contributed by atoms with Crippen LogP contribution in [-0.2, 0) is 6.42 Å². The molecule has 0 spiro atoms. The lowest BCUT2D eigenvalue weighted by molar-refractivity contribution is 0.170. The Morgan fingerprint density at radius 1 is 1.30 bits per heavy atom. The molecule has 0 radical (unpaired) electrons. The number of ether oxygens (including phenoxy) is 1. The zero-order chi connectivity index (χ0) is 13.8. The topological polar surface area (TPSA) is 51.1 Å². The molecule has 0 amide bonds. The maximum atomic E-state index is 5.87. The molecule has 2 aromatic rings. The van der Waals surface area contributed by atoms with Gasteiger partial charge in [-0.3, -0.25) is 0 Å². The van der Waals surface area contributed by atoms with E-state index in [1.54, 1.807) is 23.9 Å². The highest BCUT2D eigenvalue weighted by Gasteiger charge is 2.22. The van der Waals surface area contributed by atoms with E-state index in [-0.39, 0.29) is 6.10 Å². The summed E-state index contributed by atoms with van der Waals surface area (Å²) in [4.78, 5) is 15.1. The molecule has 0 aliphatic carbocycles. The predicted molar refractivity (Wildman–Crippen MR) is 79.4 cm³/mol. The fourth-order valence-electron chi connectivity index (χ4n) is 2.37. The zero-order valence-corrected chi connectivity index (χ0v) is 12.3. The second-order valence-corrected chi connectivity index (χ2v) is 5.68. The predicted octanol–water partition coefficient (Wildman–Crippen LogP) is 2.54. The molecular formula is C14H18N4OS. The lowest BCUT2D eigenvalue weighted by atomic mass is 10.1. The van der Waals surface area contributed by atoms with Crippen LogP contribution in [0.3, 0.4) is 0 Å². The highest BCUT2D eigenvalue weighted by atomic mass is 32.1. The van der Waals surface area contributed by atoms with Gasteiger partial charge in [0.25, 0.3) is 5.19 Å². The average Bonchev–Trinajstić information content (AvgIpc) is 3.01. The number of aromatic nitrogens is 3. The third-order valence-corrected chi connectivity index (χ3v) is 4.18. The number of thiazole rings is 1. The van der Waals surface area contributed by atoms with Crippen molar-refractivity contribution in [1.82, 2.24) is 15.0 Å². The van der Waals surface area contributed by atoms with E-state index in [4.69, 9.17) is 4.74 Å². The van der Waals surface area contributed by atoms with Gasteiger partial charge in [-0.25, -0.2) is 15.0 Å². The molecule has 1 aliphatic heterocycles. The Morgan fingerprint density at radius 3 is 2.85 bits per heavy atom. The van der Waals surface area contributed by atoms with Crippen LogP contribution in [0.25, 0.3) is 0 Å². The normalized spacial score (nSPS) is 16.4. The zero-order valence-electron chi connectivity index (χ0n) is 11.5. The van der Waals surface area contributed by atoms with Gasteiger partial charge in [-0.2, -0.15) is 0 Å². The van der Waals surface area contributed by atoms with E-state index in [2.05, 4.69) is 32.8 Å². The summed E-state index contributed by atoms with van der Waals surface area (Å²) in [5.41, 5.74) is 1.09. The highest BCUT2D eigenvalue weighted by molar-refractivity contribution is 7.11. The van der Waals surface area contributed by atoms with Crippen molar-refractivity contribution in [1.29, 1.82) is 0 Å². The maximum absolute atomic E-state index is 5.87. The van der Waals surface area contributed by atoms with Crippen molar-refractivity contribution in [2.75, 3.05) is 18.0 Å². The van der Waals surface area contributed by atoms with E-state index < -0.39 is 0 Å². The Labute approximate surface area is 122 Å². The second kappa shape index (κ2) is 6.17. The van der Waals surface area contributed by atoms with Gasteiger partial charge in [-0.1, -0.05) is 18.3 Å². The van der Waals surface area contributed by atoms with Gasteiger partial charge >= 0.3 is 0 Å². The molecule has 1 fully saturated rings. The van der Waals surface area contributed by atoms with Crippen molar-refractivity contribution >= 4 is 17.2 Å². The molecule has 3 heterocycles. The van der Waals surface area contributed by atoms with Crippen LogP contribution in [0.2, 0.25) is 0 Å². The molecule has 20 heavy (non-hydrogen) atoms. The molecule has 0 saturated carbocycles. The third-order valence-electron chi connectivity index (χ3n) is 3.51. The first-order chi connectivity index (χ1) is 9.85. The lowest BCUT2D eigenvalue weighted by Gasteiger charge is -2.32. The number of nitrogens with zero attached hydrogens (tertiary/aromatic N) is 4. The first-order valence-corrected chi connectivity index (χ1v) is 7.85. The number of rotatable bonds is 4. The van der Waals surface area contributed by atoms with Gasteiger partial charge in [-0.05, 0) is 6.42 Å². The summed E-state index contributed by atoms with van der Waals surface area (Å²) in [5, 5.41) is 2.72. The van der Waals surface area contributed by atoms with E-state index in [0.717, 1.165) is 49.1 Å². The largest absolute Gasteiger partial charge is 0.467 e. The molecule has 0 bridgehead atoms. The summed E-state index contributed by atoms with van der Waals surface area (Å²) in [5.74, 6) is 1.03. The molecule has 0 aromatic carbocycles. The second-order valence-electron chi connectivity index (χ2n) is 4.82. The minimum Gasteiger partial charge on any atom is -0.467 e. The quantitative estimate of drug-likeness (QED) is 0.866. The first kappa shape index (κ1) is 13.3. The number of hydrogen-bond donors (Lipinski definition) is 0. The summed E-state index contributed by atoms with van der Waals surface area (Å²) >= 11 is 1.55. The van der Waals surface area contributed by atoms with Gasteiger partial charge in [0.05, 0.1) is 0 Å². The summed E-state index contributed by atoms with van der Waals surface area (Å²) in [6.07, 6.45) is 6.66. The average molecular weight is 290 g/mol. The molecule has 5 nitrogen and oxygen atoms in total. The molecule has 0 atom stereocenters. The van der Waals surface area contributed by atoms with Crippen LogP contribution < -0.4 is 9.64 Å². The minimum absolute atomic E-state index is 0.268. The molecule has 106 valence electrons. The van der Waals surface area contributed by atoms with Crippen molar-refractivity contribution in [2.24, 2.45) is 0 Å². The van der Waals surface area contributed by atoms with Crippen molar-refractivity contribution in [2.45, 2.75) is 32.3 Å². The Bertz CT molecular complexity index is 538. The minimum atomic E-state index is 0.268. The van der Waals surface area contributed by atoms with Gasteiger partial charge in [0.15, 0.2) is 0 Å². The van der Waals surface area contributed by atoms with E-state index in [0.29, 0.717) is 0 Å². The summed E-state index contributed by atoms with van der Waals surface area (Å²) < 4.78 is 5.87.